The molecule has 0 spiro atoms. The first-order valence-electron chi connectivity index (χ1n) is 10.3. The van der Waals surface area contributed by atoms with E-state index in [4.69, 9.17) is 23.2 Å². The zero-order valence-electron chi connectivity index (χ0n) is 17.7. The number of halogens is 2. The number of hydrogen-bond acceptors (Lipinski definition) is 5. The maximum absolute atomic E-state index is 12.6. The molecule has 0 aliphatic carbocycles. The molecular formula is C24H19Cl2N5O2S. The van der Waals surface area contributed by atoms with Crippen molar-refractivity contribution < 1.29 is 9.59 Å². The van der Waals surface area contributed by atoms with E-state index in [-0.39, 0.29) is 11.9 Å². The smallest absolute Gasteiger partial charge is 0.326 e. The molecule has 2 aromatic carbocycles. The lowest BCUT2D eigenvalue weighted by Gasteiger charge is -2.07. The number of aromatic nitrogens is 2. The van der Waals surface area contributed by atoms with Gasteiger partial charge in [0.05, 0.1) is 15.4 Å². The highest BCUT2D eigenvalue weighted by Crippen LogP contribution is 2.27. The van der Waals surface area contributed by atoms with Gasteiger partial charge in [-0.15, -0.1) is 11.3 Å². The number of carbonyl (C=O) groups excluding carboxylic acids is 2. The van der Waals surface area contributed by atoms with Gasteiger partial charge >= 0.3 is 6.03 Å². The third-order valence-corrected chi connectivity index (χ3v) is 6.38. The normalized spacial score (nSPS) is 10.5. The minimum absolute atomic E-state index is 0.158. The lowest BCUT2D eigenvalue weighted by molar-refractivity contribution is 0.0958. The third-order valence-electron chi connectivity index (χ3n) is 4.69. The van der Waals surface area contributed by atoms with E-state index in [1.54, 1.807) is 42.6 Å². The number of hydrogen-bond donors (Lipinski definition) is 3. The molecule has 2 aromatic heterocycles. The first kappa shape index (κ1) is 23.7. The predicted molar refractivity (Wildman–Crippen MR) is 137 cm³/mol. The van der Waals surface area contributed by atoms with Crippen LogP contribution in [0.3, 0.4) is 0 Å². The molecule has 0 aliphatic heterocycles. The van der Waals surface area contributed by atoms with E-state index in [2.05, 4.69) is 25.9 Å². The van der Waals surface area contributed by atoms with E-state index < -0.39 is 6.03 Å². The molecule has 3 amide bonds. The second-order valence-electron chi connectivity index (χ2n) is 7.12. The topological polar surface area (TPSA) is 96.0 Å². The molecule has 0 saturated carbocycles. The number of nitrogens with zero attached hydrogens (tertiary/aromatic N) is 2. The number of thiophene rings is 1. The molecule has 0 aliphatic rings. The first-order chi connectivity index (χ1) is 16.5. The molecule has 10 heteroatoms. The summed E-state index contributed by atoms with van der Waals surface area (Å²) in [4.78, 5) is 34.6. The third kappa shape index (κ3) is 6.32. The van der Waals surface area contributed by atoms with Crippen LogP contribution in [0.15, 0.2) is 72.9 Å². The van der Waals surface area contributed by atoms with Gasteiger partial charge in [0.15, 0.2) is 0 Å². The summed E-state index contributed by atoms with van der Waals surface area (Å²) in [5.74, 6) is -0.0267. The highest BCUT2D eigenvalue weighted by molar-refractivity contribution is 7.17. The number of nitrogens with one attached hydrogen (secondary N) is 3. The summed E-state index contributed by atoms with van der Waals surface area (Å²) in [6.07, 6.45) is 2.14. The molecule has 7 nitrogen and oxygen atoms in total. The molecule has 0 unspecified atom stereocenters. The van der Waals surface area contributed by atoms with Gasteiger partial charge in [-0.2, -0.15) is 0 Å². The molecule has 0 radical (unpaired) electrons. The van der Waals surface area contributed by atoms with Crippen molar-refractivity contribution in [2.24, 2.45) is 0 Å². The van der Waals surface area contributed by atoms with Gasteiger partial charge in [-0.05, 0) is 54.4 Å². The summed E-state index contributed by atoms with van der Waals surface area (Å²) < 4.78 is 0. The van der Waals surface area contributed by atoms with Crippen LogP contribution in [0, 0.1) is 0 Å². The zero-order chi connectivity index (χ0) is 23.9. The molecule has 4 rings (SSSR count). The van der Waals surface area contributed by atoms with Gasteiger partial charge in [-0.3, -0.25) is 10.1 Å². The van der Waals surface area contributed by atoms with E-state index in [0.717, 1.165) is 10.4 Å². The van der Waals surface area contributed by atoms with Crippen LogP contribution in [0.1, 0.15) is 15.2 Å². The molecule has 3 N–H and O–H groups in total. The van der Waals surface area contributed by atoms with E-state index in [9.17, 15) is 9.59 Å². The number of anilines is 2. The van der Waals surface area contributed by atoms with Crippen molar-refractivity contribution in [1.82, 2.24) is 15.3 Å². The lowest BCUT2D eigenvalue weighted by Crippen LogP contribution is -2.24. The fraction of sp³-hybridized carbons (Fsp3) is 0.0833. The lowest BCUT2D eigenvalue weighted by atomic mass is 10.1. The maximum atomic E-state index is 12.6. The molecule has 0 atom stereocenters. The average molecular weight is 512 g/mol. The van der Waals surface area contributed by atoms with Crippen molar-refractivity contribution in [2.75, 3.05) is 17.2 Å². The number of amides is 3. The molecule has 0 saturated heterocycles. The van der Waals surface area contributed by atoms with E-state index in [1.807, 2.05) is 30.3 Å². The highest BCUT2D eigenvalue weighted by atomic mass is 35.5. The molecule has 4 aromatic rings. The Balaban J connectivity index is 1.34. The zero-order valence-corrected chi connectivity index (χ0v) is 20.0. The van der Waals surface area contributed by atoms with Crippen LogP contribution in [0.4, 0.5) is 16.4 Å². The van der Waals surface area contributed by atoms with Crippen molar-refractivity contribution in [3.8, 4) is 10.6 Å². The Hall–Kier alpha value is -3.46. The van der Waals surface area contributed by atoms with Gasteiger partial charge in [-0.25, -0.2) is 14.8 Å². The van der Waals surface area contributed by atoms with E-state index >= 15 is 0 Å². The van der Waals surface area contributed by atoms with Crippen molar-refractivity contribution in [2.45, 2.75) is 6.42 Å². The fourth-order valence-corrected chi connectivity index (χ4v) is 4.46. The predicted octanol–water partition coefficient (Wildman–Crippen LogP) is 6.13. The van der Waals surface area contributed by atoms with Gasteiger partial charge in [0.25, 0.3) is 5.91 Å². The van der Waals surface area contributed by atoms with Crippen LogP contribution in [0.5, 0.6) is 0 Å². The minimum Gasteiger partial charge on any atom is -0.351 e. The second-order valence-corrected chi connectivity index (χ2v) is 9.04. The van der Waals surface area contributed by atoms with Crippen molar-refractivity contribution >= 4 is 58.1 Å². The largest absolute Gasteiger partial charge is 0.351 e. The van der Waals surface area contributed by atoms with Crippen LogP contribution < -0.4 is 16.0 Å². The Bertz CT molecular complexity index is 1310. The van der Waals surface area contributed by atoms with Gasteiger partial charge in [0.1, 0.15) is 0 Å². The average Bonchev–Trinajstić information content (AvgIpc) is 3.32. The quantitative estimate of drug-likeness (QED) is 0.278. The Morgan fingerprint density at radius 3 is 2.56 bits per heavy atom. The van der Waals surface area contributed by atoms with Gasteiger partial charge in [0.2, 0.25) is 5.95 Å². The number of benzene rings is 2. The summed E-state index contributed by atoms with van der Waals surface area (Å²) >= 11 is 13.4. The van der Waals surface area contributed by atoms with Gasteiger partial charge < -0.3 is 10.6 Å². The van der Waals surface area contributed by atoms with Crippen LogP contribution >= 0.6 is 34.5 Å². The molecule has 172 valence electrons. The fourth-order valence-electron chi connectivity index (χ4n) is 3.06. The highest BCUT2D eigenvalue weighted by Gasteiger charge is 2.13. The molecule has 34 heavy (non-hydrogen) atoms. The van der Waals surface area contributed by atoms with Crippen LogP contribution in [-0.2, 0) is 6.42 Å². The second kappa shape index (κ2) is 11.1. The Morgan fingerprint density at radius 1 is 0.941 bits per heavy atom. The SMILES string of the molecule is O=C(Nc1ccccc1)Nc1nccc(-c2ccc(C(=O)NCCc3ccc(Cl)cc3Cl)s2)n1. The number of carbonyl (C=O) groups is 2. The molecular weight excluding hydrogens is 493 g/mol. The first-order valence-corrected chi connectivity index (χ1v) is 11.8. The number of rotatable bonds is 7. The van der Waals surface area contributed by atoms with Crippen LogP contribution in [0.25, 0.3) is 10.6 Å². The Morgan fingerprint density at radius 2 is 1.76 bits per heavy atom. The number of para-hydroxylation sites is 1. The van der Waals surface area contributed by atoms with Crippen LogP contribution in [-0.4, -0.2) is 28.5 Å². The monoisotopic (exact) mass is 511 g/mol. The molecule has 0 fully saturated rings. The maximum Gasteiger partial charge on any atom is 0.326 e. The van der Waals surface area contributed by atoms with Gasteiger partial charge in [-0.1, -0.05) is 47.5 Å². The van der Waals surface area contributed by atoms with Crippen LogP contribution in [0.2, 0.25) is 10.0 Å². The standard InChI is InChI=1S/C24H19Cl2N5O2S/c25-16-7-6-15(18(26)14-16)10-12-27-22(32)21-9-8-20(34-21)19-11-13-28-23(30-19)31-24(33)29-17-4-2-1-3-5-17/h1-9,11,13-14H,10,12H2,(H,27,32)(H2,28,29,30,31,33). The minimum atomic E-state index is -0.449. The van der Waals surface area contributed by atoms with Gasteiger partial charge in [0, 0.05) is 28.5 Å². The summed E-state index contributed by atoms with van der Waals surface area (Å²) in [5, 5.41) is 9.37. The summed E-state index contributed by atoms with van der Waals surface area (Å²) in [6.45, 7) is 0.436. The molecule has 0 bridgehead atoms. The summed E-state index contributed by atoms with van der Waals surface area (Å²) in [5.41, 5.74) is 2.17. The Kier molecular flexibility index (Phi) is 7.74. The van der Waals surface area contributed by atoms with Crippen molar-refractivity contribution in [3.63, 3.8) is 0 Å². The summed E-state index contributed by atoms with van der Waals surface area (Å²) in [6, 6.07) is 19.2. The Labute approximate surface area is 210 Å². The van der Waals surface area contributed by atoms with E-state index in [0.29, 0.717) is 39.3 Å². The van der Waals surface area contributed by atoms with Crippen molar-refractivity contribution in [1.29, 1.82) is 0 Å². The van der Waals surface area contributed by atoms with E-state index in [1.165, 1.54) is 11.3 Å². The summed E-state index contributed by atoms with van der Waals surface area (Å²) in [7, 11) is 0. The van der Waals surface area contributed by atoms with Crippen molar-refractivity contribution in [3.05, 3.63) is 93.4 Å². The molecule has 2 heterocycles. The number of urea groups is 1.